The summed E-state index contributed by atoms with van der Waals surface area (Å²) >= 11 is 0. The molecule has 114 valence electrons. The minimum Gasteiger partial charge on any atom is -0.306 e. The molecule has 1 unspecified atom stereocenters. The molecule has 1 rings (SSSR count). The molecule has 19 heavy (non-hydrogen) atoms. The number of piperidine rings is 1. The van der Waals surface area contributed by atoms with Crippen LogP contribution in [0, 0.1) is 11.8 Å². The Morgan fingerprint density at radius 3 is 2.32 bits per heavy atom. The highest BCUT2D eigenvalue weighted by atomic mass is 15.1. The minimum atomic E-state index is 0.739. The summed E-state index contributed by atoms with van der Waals surface area (Å²) in [5.74, 6) is 1.84. The molecular weight excluding hydrogens is 232 g/mol. The van der Waals surface area contributed by atoms with Crippen molar-refractivity contribution in [2.45, 2.75) is 65.8 Å². The van der Waals surface area contributed by atoms with Gasteiger partial charge in [0.15, 0.2) is 0 Å². The highest BCUT2D eigenvalue weighted by Crippen LogP contribution is 2.23. The minimum absolute atomic E-state index is 0.739. The van der Waals surface area contributed by atoms with Crippen LogP contribution in [0.1, 0.15) is 59.8 Å². The van der Waals surface area contributed by atoms with E-state index in [-0.39, 0.29) is 0 Å². The molecule has 2 heteroatoms. The third kappa shape index (κ3) is 6.76. The first-order valence-corrected chi connectivity index (χ1v) is 8.45. The number of hydrogen-bond donors (Lipinski definition) is 0. The van der Waals surface area contributed by atoms with Gasteiger partial charge >= 0.3 is 0 Å². The van der Waals surface area contributed by atoms with E-state index in [9.17, 15) is 0 Å². The van der Waals surface area contributed by atoms with Crippen molar-refractivity contribution in [1.29, 1.82) is 0 Å². The van der Waals surface area contributed by atoms with Crippen molar-refractivity contribution in [1.82, 2.24) is 9.80 Å². The van der Waals surface area contributed by atoms with Gasteiger partial charge in [0.1, 0.15) is 0 Å². The van der Waals surface area contributed by atoms with Crippen LogP contribution in [0.5, 0.6) is 0 Å². The van der Waals surface area contributed by atoms with Crippen molar-refractivity contribution in [3.8, 4) is 0 Å². The fourth-order valence-corrected chi connectivity index (χ4v) is 3.16. The molecule has 0 radical (unpaired) electrons. The predicted octanol–water partition coefficient (Wildman–Crippen LogP) is 3.86. The average Bonchev–Trinajstić information content (AvgIpc) is 2.39. The summed E-state index contributed by atoms with van der Waals surface area (Å²) in [6.07, 6.45) is 6.98. The molecule has 2 nitrogen and oxygen atoms in total. The Kier molecular flexibility index (Phi) is 8.01. The lowest BCUT2D eigenvalue weighted by molar-refractivity contribution is 0.142. The molecule has 0 aliphatic carbocycles. The second-order valence-electron chi connectivity index (χ2n) is 6.99. The lowest BCUT2D eigenvalue weighted by Gasteiger charge is -2.34. The van der Waals surface area contributed by atoms with Crippen LogP contribution in [0.3, 0.4) is 0 Å². The monoisotopic (exact) mass is 268 g/mol. The molecule has 0 aromatic rings. The second kappa shape index (κ2) is 8.97. The molecule has 0 bridgehead atoms. The molecule has 0 N–H and O–H groups in total. The molecule has 0 aromatic heterocycles. The van der Waals surface area contributed by atoms with Crippen LogP contribution in [0.2, 0.25) is 0 Å². The van der Waals surface area contributed by atoms with Crippen LogP contribution < -0.4 is 0 Å². The topological polar surface area (TPSA) is 6.48 Å². The van der Waals surface area contributed by atoms with Gasteiger partial charge in [0, 0.05) is 12.6 Å². The maximum atomic E-state index is 2.63. The number of nitrogens with zero attached hydrogens (tertiary/aromatic N) is 2. The zero-order chi connectivity index (χ0) is 14.3. The second-order valence-corrected chi connectivity index (χ2v) is 6.99. The van der Waals surface area contributed by atoms with E-state index in [4.69, 9.17) is 0 Å². The Balaban J connectivity index is 2.07. The Morgan fingerprint density at radius 2 is 1.79 bits per heavy atom. The van der Waals surface area contributed by atoms with E-state index in [0.29, 0.717) is 0 Å². The first kappa shape index (κ1) is 17.0. The van der Waals surface area contributed by atoms with Gasteiger partial charge in [-0.15, -0.1) is 0 Å². The van der Waals surface area contributed by atoms with Gasteiger partial charge in [0.25, 0.3) is 0 Å². The van der Waals surface area contributed by atoms with Crippen LogP contribution in [0.25, 0.3) is 0 Å². The fourth-order valence-electron chi connectivity index (χ4n) is 3.16. The largest absolute Gasteiger partial charge is 0.306 e. The summed E-state index contributed by atoms with van der Waals surface area (Å²) in [7, 11) is 2.29. The molecule has 0 amide bonds. The van der Waals surface area contributed by atoms with E-state index < -0.39 is 0 Å². The Morgan fingerprint density at radius 1 is 1.16 bits per heavy atom. The van der Waals surface area contributed by atoms with Gasteiger partial charge in [-0.2, -0.15) is 0 Å². The van der Waals surface area contributed by atoms with Crippen molar-refractivity contribution in [2.75, 3.05) is 33.2 Å². The van der Waals surface area contributed by atoms with Crippen LogP contribution in [0.4, 0.5) is 0 Å². The third-order valence-corrected chi connectivity index (χ3v) is 4.85. The molecule has 0 aromatic carbocycles. The maximum Gasteiger partial charge on any atom is 0.00385 e. The van der Waals surface area contributed by atoms with E-state index in [2.05, 4.69) is 44.5 Å². The van der Waals surface area contributed by atoms with Crippen molar-refractivity contribution in [3.63, 3.8) is 0 Å². The van der Waals surface area contributed by atoms with Gasteiger partial charge in [-0.25, -0.2) is 0 Å². The SMILES string of the molecule is CCC(C)CN(C)CCCC1CCN(C(C)C)CC1. The first-order valence-electron chi connectivity index (χ1n) is 8.45. The molecule has 1 saturated heterocycles. The van der Waals surface area contributed by atoms with Gasteiger partial charge in [-0.3, -0.25) is 0 Å². The van der Waals surface area contributed by atoms with Crippen molar-refractivity contribution in [2.24, 2.45) is 11.8 Å². The van der Waals surface area contributed by atoms with Crippen molar-refractivity contribution >= 4 is 0 Å². The molecule has 0 spiro atoms. The Hall–Kier alpha value is -0.0800. The molecular formula is C17H36N2. The predicted molar refractivity (Wildman–Crippen MR) is 85.6 cm³/mol. The van der Waals surface area contributed by atoms with Crippen LogP contribution in [0.15, 0.2) is 0 Å². The van der Waals surface area contributed by atoms with E-state index >= 15 is 0 Å². The highest BCUT2D eigenvalue weighted by molar-refractivity contribution is 4.74. The van der Waals surface area contributed by atoms with E-state index in [1.165, 1.54) is 58.3 Å². The van der Waals surface area contributed by atoms with Gasteiger partial charge in [-0.05, 0) is 78.0 Å². The average molecular weight is 268 g/mol. The van der Waals surface area contributed by atoms with Gasteiger partial charge < -0.3 is 9.80 Å². The summed E-state index contributed by atoms with van der Waals surface area (Å²) in [5, 5.41) is 0. The van der Waals surface area contributed by atoms with Crippen LogP contribution >= 0.6 is 0 Å². The number of rotatable bonds is 8. The van der Waals surface area contributed by atoms with E-state index in [1.54, 1.807) is 0 Å². The molecule has 1 aliphatic rings. The highest BCUT2D eigenvalue weighted by Gasteiger charge is 2.20. The molecule has 1 aliphatic heterocycles. The quantitative estimate of drug-likeness (QED) is 0.659. The van der Waals surface area contributed by atoms with E-state index in [1.807, 2.05) is 0 Å². The summed E-state index contributed by atoms with van der Waals surface area (Å²) < 4.78 is 0. The van der Waals surface area contributed by atoms with Crippen molar-refractivity contribution in [3.05, 3.63) is 0 Å². The summed E-state index contributed by atoms with van der Waals surface area (Å²) in [6, 6.07) is 0.739. The maximum absolute atomic E-state index is 2.63. The normalized spacial score (nSPS) is 20.4. The van der Waals surface area contributed by atoms with Gasteiger partial charge in [0.05, 0.1) is 0 Å². The first-order chi connectivity index (χ1) is 9.02. The summed E-state index contributed by atoms with van der Waals surface area (Å²) in [6.45, 7) is 14.5. The molecule has 1 atom stereocenters. The number of likely N-dealkylation sites (tertiary alicyclic amines) is 1. The Bertz CT molecular complexity index is 219. The summed E-state index contributed by atoms with van der Waals surface area (Å²) in [4.78, 5) is 5.16. The summed E-state index contributed by atoms with van der Waals surface area (Å²) in [5.41, 5.74) is 0. The molecule has 1 fully saturated rings. The molecule has 1 heterocycles. The van der Waals surface area contributed by atoms with Crippen LogP contribution in [-0.4, -0.2) is 49.1 Å². The van der Waals surface area contributed by atoms with Crippen LogP contribution in [-0.2, 0) is 0 Å². The lowest BCUT2D eigenvalue weighted by Crippen LogP contribution is -2.38. The van der Waals surface area contributed by atoms with Gasteiger partial charge in [-0.1, -0.05) is 20.3 Å². The Labute approximate surface area is 121 Å². The third-order valence-electron chi connectivity index (χ3n) is 4.85. The molecule has 0 saturated carbocycles. The zero-order valence-corrected chi connectivity index (χ0v) is 14.0. The van der Waals surface area contributed by atoms with Crippen molar-refractivity contribution < 1.29 is 0 Å². The zero-order valence-electron chi connectivity index (χ0n) is 14.0. The number of hydrogen-bond acceptors (Lipinski definition) is 2. The standard InChI is InChI=1S/C17H36N2/c1-6-16(4)14-18(5)11-7-8-17-9-12-19(13-10-17)15(2)3/h15-17H,6-14H2,1-5H3. The van der Waals surface area contributed by atoms with E-state index in [0.717, 1.165) is 17.9 Å². The smallest absolute Gasteiger partial charge is 0.00385 e. The van der Waals surface area contributed by atoms with Gasteiger partial charge in [0.2, 0.25) is 0 Å². The lowest BCUT2D eigenvalue weighted by atomic mass is 9.91. The fraction of sp³-hybridized carbons (Fsp3) is 1.00.